The zero-order valence-corrected chi connectivity index (χ0v) is 11.1. The predicted octanol–water partition coefficient (Wildman–Crippen LogP) is 1.69. The number of nitrogens with zero attached hydrogens (tertiary/aromatic N) is 4. The van der Waals surface area contributed by atoms with Crippen molar-refractivity contribution in [1.82, 2.24) is 19.7 Å². The number of aromatic nitrogens is 4. The van der Waals surface area contributed by atoms with Gasteiger partial charge in [0.1, 0.15) is 11.6 Å². The first-order valence-electron chi connectivity index (χ1n) is 5.90. The van der Waals surface area contributed by atoms with Gasteiger partial charge < -0.3 is 5.43 Å². The second kappa shape index (κ2) is 4.73. The van der Waals surface area contributed by atoms with E-state index < -0.39 is 0 Å². The molecule has 0 aliphatic rings. The molecule has 0 aromatic carbocycles. The summed E-state index contributed by atoms with van der Waals surface area (Å²) in [6.07, 6.45) is 0. The van der Waals surface area contributed by atoms with Crippen LogP contribution in [0.3, 0.4) is 0 Å². The summed E-state index contributed by atoms with van der Waals surface area (Å²) >= 11 is 0. The predicted molar refractivity (Wildman–Crippen MR) is 70.5 cm³/mol. The van der Waals surface area contributed by atoms with Gasteiger partial charge in [-0.1, -0.05) is 13.8 Å². The van der Waals surface area contributed by atoms with Crippen LogP contribution in [-0.2, 0) is 0 Å². The first kappa shape index (κ1) is 12.5. The van der Waals surface area contributed by atoms with Gasteiger partial charge in [-0.05, 0) is 19.9 Å². The maximum Gasteiger partial charge on any atom is 0.159 e. The Kier molecular flexibility index (Phi) is 3.29. The zero-order valence-electron chi connectivity index (χ0n) is 11.1. The third kappa shape index (κ3) is 2.33. The number of hydrazine groups is 1. The highest BCUT2D eigenvalue weighted by molar-refractivity contribution is 5.41. The monoisotopic (exact) mass is 246 g/mol. The Hall–Kier alpha value is -1.95. The van der Waals surface area contributed by atoms with E-state index in [4.69, 9.17) is 5.84 Å². The fourth-order valence-corrected chi connectivity index (χ4v) is 1.75. The number of nitrogens with two attached hydrogens (primary N) is 1. The van der Waals surface area contributed by atoms with Crippen LogP contribution in [0.15, 0.2) is 12.1 Å². The summed E-state index contributed by atoms with van der Waals surface area (Å²) < 4.78 is 1.80. The zero-order chi connectivity index (χ0) is 13.3. The molecule has 2 rings (SSSR count). The lowest BCUT2D eigenvalue weighted by molar-refractivity contribution is 0.736. The minimum atomic E-state index is 0.231. The van der Waals surface area contributed by atoms with Crippen molar-refractivity contribution >= 4 is 5.82 Å². The Labute approximate surface area is 106 Å². The van der Waals surface area contributed by atoms with Crippen molar-refractivity contribution in [3.05, 3.63) is 29.3 Å². The standard InChI is InChI=1S/C12H18N6/c1-7(2)12-14-10(16-13)6-11(15-12)18-9(4)5-8(3)17-18/h5-7H,13H2,1-4H3,(H,14,15,16). The van der Waals surface area contributed by atoms with E-state index in [0.717, 1.165) is 23.0 Å². The van der Waals surface area contributed by atoms with Gasteiger partial charge in [-0.15, -0.1) is 0 Å². The van der Waals surface area contributed by atoms with Crippen LogP contribution in [0, 0.1) is 13.8 Å². The molecule has 0 bridgehead atoms. The molecule has 0 unspecified atom stereocenters. The molecule has 0 amide bonds. The summed E-state index contributed by atoms with van der Waals surface area (Å²) in [7, 11) is 0. The van der Waals surface area contributed by atoms with Gasteiger partial charge in [0.15, 0.2) is 5.82 Å². The summed E-state index contributed by atoms with van der Waals surface area (Å²) in [6, 6.07) is 3.79. The maximum absolute atomic E-state index is 5.44. The molecule has 0 atom stereocenters. The van der Waals surface area contributed by atoms with Crippen LogP contribution in [0.25, 0.3) is 5.82 Å². The van der Waals surface area contributed by atoms with Gasteiger partial charge in [-0.3, -0.25) is 0 Å². The molecule has 2 heterocycles. The van der Waals surface area contributed by atoms with E-state index in [2.05, 4.69) is 20.5 Å². The molecule has 0 aliphatic carbocycles. The second-order valence-electron chi connectivity index (χ2n) is 4.61. The highest BCUT2D eigenvalue weighted by Crippen LogP contribution is 2.17. The fourth-order valence-electron chi connectivity index (χ4n) is 1.75. The minimum absolute atomic E-state index is 0.231. The summed E-state index contributed by atoms with van der Waals surface area (Å²) in [5.74, 6) is 7.74. The SMILES string of the molecule is Cc1cc(C)n(-c2cc(NN)nc(C(C)C)n2)n1. The fraction of sp³-hybridized carbons (Fsp3) is 0.417. The molecule has 0 fully saturated rings. The largest absolute Gasteiger partial charge is 0.308 e. The Morgan fingerprint density at radius 2 is 1.94 bits per heavy atom. The molecule has 3 N–H and O–H groups in total. The first-order valence-corrected chi connectivity index (χ1v) is 5.90. The van der Waals surface area contributed by atoms with Crippen molar-refractivity contribution in [3.63, 3.8) is 0 Å². The van der Waals surface area contributed by atoms with E-state index in [1.807, 2.05) is 33.8 Å². The van der Waals surface area contributed by atoms with Crippen molar-refractivity contribution in [2.75, 3.05) is 5.43 Å². The molecule has 2 aromatic heterocycles. The van der Waals surface area contributed by atoms with Gasteiger partial charge in [0.05, 0.1) is 5.69 Å². The van der Waals surface area contributed by atoms with E-state index >= 15 is 0 Å². The lowest BCUT2D eigenvalue weighted by atomic mass is 10.2. The number of hydrogen-bond acceptors (Lipinski definition) is 5. The van der Waals surface area contributed by atoms with Gasteiger partial charge >= 0.3 is 0 Å². The Morgan fingerprint density at radius 3 is 2.44 bits per heavy atom. The normalized spacial score (nSPS) is 11.0. The van der Waals surface area contributed by atoms with Crippen LogP contribution >= 0.6 is 0 Å². The molecule has 6 nitrogen and oxygen atoms in total. The minimum Gasteiger partial charge on any atom is -0.308 e. The molecule has 0 aliphatic heterocycles. The first-order chi connectivity index (χ1) is 8.51. The molecule has 0 radical (unpaired) electrons. The Morgan fingerprint density at radius 1 is 1.22 bits per heavy atom. The maximum atomic E-state index is 5.44. The molecular weight excluding hydrogens is 228 g/mol. The van der Waals surface area contributed by atoms with E-state index in [1.54, 1.807) is 10.7 Å². The molecular formula is C12H18N6. The Balaban J connectivity index is 2.56. The van der Waals surface area contributed by atoms with Crippen molar-refractivity contribution in [2.24, 2.45) is 5.84 Å². The lowest BCUT2D eigenvalue weighted by Crippen LogP contribution is -2.13. The van der Waals surface area contributed by atoms with Gasteiger partial charge in [-0.25, -0.2) is 20.5 Å². The van der Waals surface area contributed by atoms with Crippen LogP contribution in [0.2, 0.25) is 0 Å². The quantitative estimate of drug-likeness (QED) is 0.636. The Bertz CT molecular complexity index is 558. The highest BCUT2D eigenvalue weighted by atomic mass is 15.3. The van der Waals surface area contributed by atoms with Gasteiger partial charge in [0.25, 0.3) is 0 Å². The van der Waals surface area contributed by atoms with Crippen LogP contribution in [0.1, 0.15) is 37.0 Å². The van der Waals surface area contributed by atoms with Gasteiger partial charge in [0.2, 0.25) is 0 Å². The molecule has 0 saturated heterocycles. The van der Waals surface area contributed by atoms with Crippen molar-refractivity contribution in [3.8, 4) is 5.82 Å². The third-order valence-electron chi connectivity index (χ3n) is 2.62. The van der Waals surface area contributed by atoms with Crippen LogP contribution in [0.5, 0.6) is 0 Å². The van der Waals surface area contributed by atoms with Crippen molar-refractivity contribution in [2.45, 2.75) is 33.6 Å². The van der Waals surface area contributed by atoms with Crippen molar-refractivity contribution < 1.29 is 0 Å². The van der Waals surface area contributed by atoms with Gasteiger partial charge in [-0.2, -0.15) is 5.10 Å². The average molecular weight is 246 g/mol. The number of nitrogen functional groups attached to an aromatic ring is 1. The number of hydrogen-bond donors (Lipinski definition) is 2. The highest BCUT2D eigenvalue weighted by Gasteiger charge is 2.11. The van der Waals surface area contributed by atoms with E-state index in [1.165, 1.54) is 0 Å². The summed E-state index contributed by atoms with van der Waals surface area (Å²) in [5.41, 5.74) is 4.56. The van der Waals surface area contributed by atoms with Crippen LogP contribution in [-0.4, -0.2) is 19.7 Å². The summed E-state index contributed by atoms with van der Waals surface area (Å²) in [4.78, 5) is 8.84. The second-order valence-corrected chi connectivity index (χ2v) is 4.61. The molecule has 18 heavy (non-hydrogen) atoms. The number of rotatable bonds is 3. The lowest BCUT2D eigenvalue weighted by Gasteiger charge is -2.10. The van der Waals surface area contributed by atoms with Crippen molar-refractivity contribution in [1.29, 1.82) is 0 Å². The smallest absolute Gasteiger partial charge is 0.159 e. The van der Waals surface area contributed by atoms with Gasteiger partial charge in [0, 0.05) is 17.7 Å². The molecule has 2 aromatic rings. The van der Waals surface area contributed by atoms with Crippen LogP contribution in [0.4, 0.5) is 5.82 Å². The van der Waals surface area contributed by atoms with E-state index in [0.29, 0.717) is 5.82 Å². The summed E-state index contributed by atoms with van der Waals surface area (Å²) in [6.45, 7) is 8.03. The molecule has 96 valence electrons. The number of aryl methyl sites for hydroxylation is 2. The third-order valence-corrected chi connectivity index (χ3v) is 2.62. The molecule has 6 heteroatoms. The van der Waals surface area contributed by atoms with E-state index in [9.17, 15) is 0 Å². The number of nitrogens with one attached hydrogen (secondary N) is 1. The van der Waals surface area contributed by atoms with Crippen LogP contribution < -0.4 is 11.3 Å². The number of anilines is 1. The average Bonchev–Trinajstić information content (AvgIpc) is 2.67. The molecule has 0 saturated carbocycles. The summed E-state index contributed by atoms with van der Waals surface area (Å²) in [5, 5.41) is 4.41. The van der Waals surface area contributed by atoms with E-state index in [-0.39, 0.29) is 5.92 Å². The molecule has 0 spiro atoms. The topological polar surface area (TPSA) is 81.7 Å².